The van der Waals surface area contributed by atoms with Gasteiger partial charge >= 0.3 is 12.2 Å². The zero-order valence-corrected chi connectivity index (χ0v) is 30.6. The summed E-state index contributed by atoms with van der Waals surface area (Å²) in [4.78, 5) is 58.2. The molecule has 2 aromatic heterocycles. The van der Waals surface area contributed by atoms with Crippen molar-refractivity contribution in [2.75, 3.05) is 39.2 Å². The van der Waals surface area contributed by atoms with Crippen molar-refractivity contribution in [3.63, 3.8) is 0 Å². The molecule has 274 valence electrons. The van der Waals surface area contributed by atoms with Gasteiger partial charge in [-0.3, -0.25) is 9.69 Å². The first-order valence-corrected chi connectivity index (χ1v) is 17.7. The molecule has 4 N–H and O–H groups in total. The number of alkyl carbamates (subject to hydrolysis) is 1. The minimum absolute atomic E-state index is 0.125. The Morgan fingerprint density at radius 3 is 2.23 bits per heavy atom. The van der Waals surface area contributed by atoms with Crippen LogP contribution >= 0.6 is 0 Å². The van der Waals surface area contributed by atoms with E-state index in [4.69, 9.17) is 9.72 Å². The molecule has 13 nitrogen and oxygen atoms in total. The van der Waals surface area contributed by atoms with E-state index >= 15 is 0 Å². The number of hydrogen-bond donors (Lipinski definition) is 4. The van der Waals surface area contributed by atoms with Crippen LogP contribution in [0, 0.1) is 29.6 Å². The summed E-state index contributed by atoms with van der Waals surface area (Å²) >= 11 is 0. The molecule has 0 saturated carbocycles. The SMILES string of the molecule is COC(=O)N[C@H](C(=O)N1CCC[C@H]1c1ncc(-c2ccc(C#CC#Cc3cnc([C@@H]4CCCN4C(=O)O)[nH]3)c(-c3ccc(N(C)C)cc3)c2)[nH]1)C(C)C. The highest BCUT2D eigenvalue weighted by atomic mass is 16.5. The number of methoxy groups -OCH3 is 1. The number of rotatable bonds is 8. The largest absolute Gasteiger partial charge is 0.465 e. The first kappa shape index (κ1) is 36.6. The topological polar surface area (TPSA) is 160 Å². The Balaban J connectivity index is 1.26. The van der Waals surface area contributed by atoms with Crippen molar-refractivity contribution in [2.24, 2.45) is 5.92 Å². The van der Waals surface area contributed by atoms with Crippen LogP contribution in [0.1, 0.15) is 74.5 Å². The summed E-state index contributed by atoms with van der Waals surface area (Å²) in [6, 6.07) is 13.0. The average molecular weight is 717 g/mol. The lowest BCUT2D eigenvalue weighted by Gasteiger charge is -2.30. The number of nitrogens with one attached hydrogen (secondary N) is 3. The predicted molar refractivity (Wildman–Crippen MR) is 201 cm³/mol. The number of aromatic amines is 2. The van der Waals surface area contributed by atoms with Crippen LogP contribution in [0.3, 0.4) is 0 Å². The van der Waals surface area contributed by atoms with E-state index in [1.165, 1.54) is 12.0 Å². The maximum Gasteiger partial charge on any atom is 0.407 e. The van der Waals surface area contributed by atoms with Crippen LogP contribution in [0.25, 0.3) is 22.4 Å². The van der Waals surface area contributed by atoms with Crippen molar-refractivity contribution in [1.82, 2.24) is 35.1 Å². The summed E-state index contributed by atoms with van der Waals surface area (Å²) in [7, 11) is 5.28. The number of benzene rings is 2. The van der Waals surface area contributed by atoms with Gasteiger partial charge in [0, 0.05) is 44.0 Å². The van der Waals surface area contributed by atoms with E-state index in [1.807, 2.05) is 45.0 Å². The minimum atomic E-state index is -0.952. The van der Waals surface area contributed by atoms with Crippen molar-refractivity contribution < 1.29 is 24.2 Å². The molecule has 0 unspecified atom stereocenters. The zero-order chi connectivity index (χ0) is 37.6. The molecule has 3 atom stereocenters. The number of likely N-dealkylation sites (tertiary alicyclic amines) is 2. The molecule has 2 aromatic carbocycles. The molecule has 2 aliphatic heterocycles. The average Bonchev–Trinajstić information content (AvgIpc) is 3.98. The molecular weight excluding hydrogens is 672 g/mol. The van der Waals surface area contributed by atoms with Crippen molar-refractivity contribution in [1.29, 1.82) is 0 Å². The Hall–Kier alpha value is -6.21. The van der Waals surface area contributed by atoms with Crippen LogP contribution in [0.5, 0.6) is 0 Å². The Morgan fingerprint density at radius 2 is 1.55 bits per heavy atom. The Kier molecular flexibility index (Phi) is 11.0. The van der Waals surface area contributed by atoms with Crippen molar-refractivity contribution in [3.05, 3.63) is 77.8 Å². The highest BCUT2D eigenvalue weighted by Gasteiger charge is 2.37. The molecule has 3 amide bonds. The van der Waals surface area contributed by atoms with Gasteiger partial charge in [-0.2, -0.15) is 0 Å². The van der Waals surface area contributed by atoms with Crippen LogP contribution in [0.4, 0.5) is 15.3 Å². The number of H-pyrrole nitrogens is 2. The smallest absolute Gasteiger partial charge is 0.407 e. The Labute approximate surface area is 309 Å². The zero-order valence-electron chi connectivity index (χ0n) is 30.6. The van der Waals surface area contributed by atoms with Crippen LogP contribution in [-0.4, -0.2) is 93.3 Å². The van der Waals surface area contributed by atoms with Crippen LogP contribution in [0.15, 0.2) is 54.9 Å². The lowest BCUT2D eigenvalue weighted by atomic mass is 9.96. The second kappa shape index (κ2) is 16.0. The molecule has 4 heterocycles. The van der Waals surface area contributed by atoms with Gasteiger partial charge in [0.05, 0.1) is 37.3 Å². The van der Waals surface area contributed by atoms with Crippen LogP contribution in [0.2, 0.25) is 0 Å². The lowest BCUT2D eigenvalue weighted by molar-refractivity contribution is -0.135. The molecule has 13 heteroatoms. The number of hydrogen-bond acceptors (Lipinski definition) is 7. The number of carbonyl (C=O) groups is 3. The van der Waals surface area contributed by atoms with E-state index in [1.54, 1.807) is 17.3 Å². The number of anilines is 1. The number of carboxylic acid groups (broad SMARTS) is 1. The van der Waals surface area contributed by atoms with Crippen LogP contribution in [-0.2, 0) is 9.53 Å². The summed E-state index contributed by atoms with van der Waals surface area (Å²) in [5.74, 6) is 13.1. The fourth-order valence-electron chi connectivity index (χ4n) is 6.89. The van der Waals surface area contributed by atoms with E-state index in [0.29, 0.717) is 36.9 Å². The fraction of sp³-hybridized carbons (Fsp3) is 0.375. The van der Waals surface area contributed by atoms with E-state index in [9.17, 15) is 19.5 Å². The second-order valence-corrected chi connectivity index (χ2v) is 13.7. The second-order valence-electron chi connectivity index (χ2n) is 13.7. The number of aromatic nitrogens is 4. The fourth-order valence-corrected chi connectivity index (χ4v) is 6.89. The third-order valence-corrected chi connectivity index (χ3v) is 9.73. The molecule has 0 spiro atoms. The van der Waals surface area contributed by atoms with Crippen molar-refractivity contribution >= 4 is 23.8 Å². The van der Waals surface area contributed by atoms with Gasteiger partial charge in [-0.05, 0) is 84.8 Å². The number of amides is 3. The highest BCUT2D eigenvalue weighted by molar-refractivity contribution is 5.86. The van der Waals surface area contributed by atoms with E-state index in [-0.39, 0.29) is 23.9 Å². The predicted octanol–water partition coefficient (Wildman–Crippen LogP) is 5.80. The standard InChI is InChI=1S/C40H44N8O5/c1-25(2)35(45-39(50)53-5)38(49)47-20-8-12-33(47)37-42-24-32(44-37)28-15-14-26(31(22-28)27-16-18-30(19-17-27)46(3)4)10-6-7-11-29-23-41-36(43-29)34-13-9-21-48(34)40(51)52/h14-19,22-25,33-35H,8-9,12-13,20-21H2,1-5H3,(H,41,43)(H,42,44)(H,45,50)(H,51,52)/t33-,34-,35-/m0/s1. The van der Waals surface area contributed by atoms with E-state index in [2.05, 4.69) is 74.3 Å². The van der Waals surface area contributed by atoms with Crippen LogP contribution < -0.4 is 10.2 Å². The van der Waals surface area contributed by atoms with Gasteiger partial charge < -0.3 is 34.9 Å². The van der Waals surface area contributed by atoms with Gasteiger partial charge in [0.1, 0.15) is 23.4 Å². The van der Waals surface area contributed by atoms with E-state index in [0.717, 1.165) is 52.9 Å². The highest BCUT2D eigenvalue weighted by Crippen LogP contribution is 2.35. The number of carbonyl (C=O) groups excluding carboxylic acids is 2. The molecular formula is C40H44N8O5. The molecule has 2 fully saturated rings. The molecule has 2 saturated heterocycles. The van der Waals surface area contributed by atoms with Crippen molar-refractivity contribution in [3.8, 4) is 46.1 Å². The minimum Gasteiger partial charge on any atom is -0.465 e. The molecule has 53 heavy (non-hydrogen) atoms. The summed E-state index contributed by atoms with van der Waals surface area (Å²) < 4.78 is 4.77. The lowest BCUT2D eigenvalue weighted by Crippen LogP contribution is -2.51. The number of ether oxygens (including phenoxy) is 1. The number of nitrogens with zero attached hydrogens (tertiary/aromatic N) is 5. The molecule has 0 bridgehead atoms. The normalized spacial score (nSPS) is 17.1. The maximum absolute atomic E-state index is 13.6. The molecule has 0 aliphatic carbocycles. The first-order chi connectivity index (χ1) is 25.5. The molecule has 6 rings (SSSR count). The van der Waals surface area contributed by atoms with Gasteiger partial charge in [0.25, 0.3) is 0 Å². The van der Waals surface area contributed by atoms with Gasteiger partial charge in [-0.15, -0.1) is 0 Å². The summed E-state index contributed by atoms with van der Waals surface area (Å²) in [5.41, 5.74) is 6.04. The Morgan fingerprint density at radius 1 is 0.906 bits per heavy atom. The summed E-state index contributed by atoms with van der Waals surface area (Å²) in [5, 5.41) is 12.2. The molecule has 0 radical (unpaired) electrons. The summed E-state index contributed by atoms with van der Waals surface area (Å²) in [6.45, 7) is 4.85. The van der Waals surface area contributed by atoms with E-state index < -0.39 is 18.2 Å². The molecule has 2 aliphatic rings. The maximum atomic E-state index is 13.6. The van der Waals surface area contributed by atoms with Gasteiger partial charge in [-0.25, -0.2) is 19.6 Å². The third kappa shape index (κ3) is 8.15. The van der Waals surface area contributed by atoms with Crippen molar-refractivity contribution in [2.45, 2.75) is 57.7 Å². The monoisotopic (exact) mass is 716 g/mol. The number of imidazole rings is 2. The van der Waals surface area contributed by atoms with Gasteiger partial charge in [0.15, 0.2) is 0 Å². The Bertz CT molecular complexity index is 2100. The first-order valence-electron chi connectivity index (χ1n) is 17.7. The quantitative estimate of drug-likeness (QED) is 0.167. The third-order valence-electron chi connectivity index (χ3n) is 9.73. The van der Waals surface area contributed by atoms with Gasteiger partial charge in [0.2, 0.25) is 5.91 Å². The molecule has 4 aromatic rings. The van der Waals surface area contributed by atoms with Gasteiger partial charge in [-0.1, -0.05) is 38.0 Å². The summed E-state index contributed by atoms with van der Waals surface area (Å²) in [6.07, 6.45) is 4.89.